The molecule has 3 rings (SSSR count). The first-order valence-corrected chi connectivity index (χ1v) is 6.96. The lowest BCUT2D eigenvalue weighted by Gasteiger charge is -2.26. The molecule has 2 aromatic rings. The second-order valence-electron chi connectivity index (χ2n) is 4.81. The number of halogens is 2. The lowest BCUT2D eigenvalue weighted by Crippen LogP contribution is -2.19. The first kappa shape index (κ1) is 12.7. The highest BCUT2D eigenvalue weighted by atomic mass is 35.5. The monoisotopic (exact) mass is 290 g/mol. The minimum Gasteiger partial charge on any atom is -0.299 e. The minimum atomic E-state index is 0.0173. The molecule has 0 spiro atoms. The lowest BCUT2D eigenvalue weighted by molar-refractivity contribution is -0.119. The Hall–Kier alpha value is -1.31. The molecule has 0 amide bonds. The number of hydrogen-bond acceptors (Lipinski definition) is 1. The summed E-state index contributed by atoms with van der Waals surface area (Å²) < 4.78 is 0. The average Bonchev–Trinajstić information content (AvgIpc) is 2.41. The van der Waals surface area contributed by atoms with Crippen LogP contribution in [0.2, 0.25) is 10.0 Å². The molecular formula is C16H12Cl2O. The van der Waals surface area contributed by atoms with E-state index < -0.39 is 0 Å². The summed E-state index contributed by atoms with van der Waals surface area (Å²) in [7, 11) is 0. The molecule has 2 aromatic carbocycles. The van der Waals surface area contributed by atoms with Gasteiger partial charge in [-0.05, 0) is 22.8 Å². The van der Waals surface area contributed by atoms with Crippen molar-refractivity contribution in [3.8, 4) is 0 Å². The Balaban J connectivity index is 2.15. The number of Topliss-reactive ketones (excluding diaryl/α,β-unsaturated/α-hetero) is 1. The van der Waals surface area contributed by atoms with E-state index in [9.17, 15) is 4.79 Å². The van der Waals surface area contributed by atoms with E-state index in [-0.39, 0.29) is 11.7 Å². The van der Waals surface area contributed by atoms with E-state index in [0.29, 0.717) is 22.9 Å². The van der Waals surface area contributed by atoms with Crippen molar-refractivity contribution in [3.63, 3.8) is 0 Å². The molecule has 0 saturated heterocycles. The van der Waals surface area contributed by atoms with Crippen LogP contribution in [0.3, 0.4) is 0 Å². The fourth-order valence-corrected chi connectivity index (χ4v) is 3.16. The van der Waals surface area contributed by atoms with Gasteiger partial charge in [-0.2, -0.15) is 0 Å². The number of rotatable bonds is 1. The van der Waals surface area contributed by atoms with Crippen LogP contribution in [-0.2, 0) is 11.2 Å². The third-order valence-electron chi connectivity index (χ3n) is 3.61. The molecule has 0 saturated carbocycles. The molecule has 1 aliphatic rings. The standard InChI is InChI=1S/C16H12Cl2O/c17-15-7-3-6-13(16(15)18)14-9-11(19)8-10-4-1-2-5-12(10)14/h1-7,14H,8-9H2. The Morgan fingerprint density at radius 3 is 2.53 bits per heavy atom. The number of ketones is 1. The second kappa shape index (κ2) is 4.99. The Bertz CT molecular complexity index is 649. The van der Waals surface area contributed by atoms with Crippen molar-refractivity contribution in [2.24, 2.45) is 0 Å². The maximum absolute atomic E-state index is 11.9. The molecule has 0 heterocycles. The zero-order valence-electron chi connectivity index (χ0n) is 10.2. The third-order valence-corrected chi connectivity index (χ3v) is 4.44. The van der Waals surface area contributed by atoms with Gasteiger partial charge in [0.1, 0.15) is 5.78 Å². The Labute approximate surface area is 122 Å². The summed E-state index contributed by atoms with van der Waals surface area (Å²) in [6.07, 6.45) is 1.02. The summed E-state index contributed by atoms with van der Waals surface area (Å²) in [5.74, 6) is 0.267. The van der Waals surface area contributed by atoms with Crippen molar-refractivity contribution in [3.05, 3.63) is 69.2 Å². The van der Waals surface area contributed by atoms with Gasteiger partial charge in [0.2, 0.25) is 0 Å². The third kappa shape index (κ3) is 2.29. The predicted octanol–water partition coefficient (Wildman–Crippen LogP) is 4.64. The first-order valence-electron chi connectivity index (χ1n) is 6.20. The maximum Gasteiger partial charge on any atom is 0.138 e. The van der Waals surface area contributed by atoms with Crippen molar-refractivity contribution in [2.45, 2.75) is 18.8 Å². The molecule has 96 valence electrons. The van der Waals surface area contributed by atoms with E-state index in [1.165, 1.54) is 5.56 Å². The van der Waals surface area contributed by atoms with Crippen molar-refractivity contribution < 1.29 is 4.79 Å². The summed E-state index contributed by atoms with van der Waals surface area (Å²) in [4.78, 5) is 11.9. The van der Waals surface area contributed by atoms with Gasteiger partial charge in [0.05, 0.1) is 10.0 Å². The normalized spacial score (nSPS) is 18.2. The van der Waals surface area contributed by atoms with Crippen LogP contribution in [0.25, 0.3) is 0 Å². The highest BCUT2D eigenvalue weighted by Crippen LogP contribution is 2.40. The van der Waals surface area contributed by atoms with Crippen LogP contribution in [0.5, 0.6) is 0 Å². The van der Waals surface area contributed by atoms with Gasteiger partial charge in [0.15, 0.2) is 0 Å². The van der Waals surface area contributed by atoms with Gasteiger partial charge in [-0.3, -0.25) is 4.79 Å². The van der Waals surface area contributed by atoms with E-state index in [1.807, 2.05) is 30.3 Å². The quantitative estimate of drug-likeness (QED) is 0.748. The van der Waals surface area contributed by atoms with Gasteiger partial charge in [-0.1, -0.05) is 59.6 Å². The minimum absolute atomic E-state index is 0.0173. The SMILES string of the molecule is O=C1Cc2ccccc2C(c2cccc(Cl)c2Cl)C1. The lowest BCUT2D eigenvalue weighted by atomic mass is 9.78. The van der Waals surface area contributed by atoms with Crippen LogP contribution in [0.4, 0.5) is 0 Å². The molecule has 19 heavy (non-hydrogen) atoms. The number of fused-ring (bicyclic) bond motifs is 1. The van der Waals surface area contributed by atoms with E-state index >= 15 is 0 Å². The Morgan fingerprint density at radius 1 is 0.947 bits per heavy atom. The van der Waals surface area contributed by atoms with Crippen molar-refractivity contribution >= 4 is 29.0 Å². The molecule has 0 N–H and O–H groups in total. The Kier molecular flexibility index (Phi) is 3.34. The largest absolute Gasteiger partial charge is 0.299 e. The molecule has 0 radical (unpaired) electrons. The molecule has 0 aromatic heterocycles. The predicted molar refractivity (Wildman–Crippen MR) is 78.1 cm³/mol. The summed E-state index contributed by atoms with van der Waals surface area (Å²) in [6.45, 7) is 0. The van der Waals surface area contributed by atoms with Gasteiger partial charge in [0, 0.05) is 18.8 Å². The smallest absolute Gasteiger partial charge is 0.138 e. The summed E-state index contributed by atoms with van der Waals surface area (Å²) in [5.41, 5.74) is 3.22. The number of benzene rings is 2. The molecule has 1 unspecified atom stereocenters. The van der Waals surface area contributed by atoms with Gasteiger partial charge in [-0.15, -0.1) is 0 Å². The summed E-state index contributed by atoms with van der Waals surface area (Å²) in [6, 6.07) is 13.7. The maximum atomic E-state index is 11.9. The van der Waals surface area contributed by atoms with E-state index in [0.717, 1.165) is 11.1 Å². The molecule has 0 fully saturated rings. The van der Waals surface area contributed by atoms with Gasteiger partial charge < -0.3 is 0 Å². The van der Waals surface area contributed by atoms with E-state index in [2.05, 4.69) is 6.07 Å². The zero-order chi connectivity index (χ0) is 13.4. The first-order chi connectivity index (χ1) is 9.16. The average molecular weight is 291 g/mol. The fourth-order valence-electron chi connectivity index (χ4n) is 2.72. The topological polar surface area (TPSA) is 17.1 Å². The molecule has 1 atom stereocenters. The van der Waals surface area contributed by atoms with Crippen LogP contribution in [0.1, 0.15) is 29.0 Å². The molecule has 1 nitrogen and oxygen atoms in total. The fraction of sp³-hybridized carbons (Fsp3) is 0.188. The number of carbonyl (C=O) groups excluding carboxylic acids is 1. The van der Waals surface area contributed by atoms with Crippen molar-refractivity contribution in [2.75, 3.05) is 0 Å². The number of hydrogen-bond donors (Lipinski definition) is 0. The van der Waals surface area contributed by atoms with Crippen LogP contribution < -0.4 is 0 Å². The van der Waals surface area contributed by atoms with Crippen molar-refractivity contribution in [1.82, 2.24) is 0 Å². The molecule has 0 bridgehead atoms. The second-order valence-corrected chi connectivity index (χ2v) is 5.60. The van der Waals surface area contributed by atoms with Crippen LogP contribution in [0.15, 0.2) is 42.5 Å². The highest BCUT2D eigenvalue weighted by molar-refractivity contribution is 6.42. The van der Waals surface area contributed by atoms with Gasteiger partial charge >= 0.3 is 0 Å². The van der Waals surface area contributed by atoms with Crippen LogP contribution >= 0.6 is 23.2 Å². The molecule has 1 aliphatic carbocycles. The van der Waals surface area contributed by atoms with Gasteiger partial charge in [-0.25, -0.2) is 0 Å². The molecular weight excluding hydrogens is 279 g/mol. The Morgan fingerprint density at radius 2 is 1.68 bits per heavy atom. The van der Waals surface area contributed by atoms with E-state index in [1.54, 1.807) is 6.07 Å². The van der Waals surface area contributed by atoms with Crippen molar-refractivity contribution in [1.29, 1.82) is 0 Å². The van der Waals surface area contributed by atoms with Crippen LogP contribution in [-0.4, -0.2) is 5.78 Å². The molecule has 3 heteroatoms. The highest BCUT2D eigenvalue weighted by Gasteiger charge is 2.27. The summed E-state index contributed by atoms with van der Waals surface area (Å²) in [5, 5.41) is 1.09. The van der Waals surface area contributed by atoms with Gasteiger partial charge in [0.25, 0.3) is 0 Å². The van der Waals surface area contributed by atoms with E-state index in [4.69, 9.17) is 23.2 Å². The van der Waals surface area contributed by atoms with Crippen LogP contribution in [0, 0.1) is 0 Å². The zero-order valence-corrected chi connectivity index (χ0v) is 11.7. The molecule has 0 aliphatic heterocycles. The summed E-state index contributed by atoms with van der Waals surface area (Å²) >= 11 is 12.4. The number of carbonyl (C=O) groups is 1.